The molecule has 1 aliphatic rings. The number of hydrogen-bond donors (Lipinski definition) is 4. The van der Waals surface area contributed by atoms with Crippen molar-refractivity contribution in [2.45, 2.75) is 24.9 Å². The minimum Gasteiger partial charge on any atom is -0.489 e. The molecule has 1 aliphatic heterocycles. The second-order valence-corrected chi connectivity index (χ2v) is 7.71. The van der Waals surface area contributed by atoms with Crippen molar-refractivity contribution in [1.29, 1.82) is 5.41 Å². The van der Waals surface area contributed by atoms with E-state index in [-0.39, 0.29) is 11.9 Å². The number of hydrogen-bond acceptors (Lipinski definition) is 4. The molecule has 0 bridgehead atoms. The molecule has 3 aromatic rings. The van der Waals surface area contributed by atoms with Crippen LogP contribution in [0, 0.1) is 5.41 Å². The Kier molecular flexibility index (Phi) is 5.68. The Morgan fingerprint density at radius 1 is 1.13 bits per heavy atom. The molecule has 0 amide bonds. The molecule has 6 nitrogen and oxygen atoms in total. The van der Waals surface area contributed by atoms with Gasteiger partial charge in [-0.15, -0.1) is 0 Å². The van der Waals surface area contributed by atoms with Gasteiger partial charge in [0.1, 0.15) is 17.7 Å². The second kappa shape index (κ2) is 8.55. The molecule has 1 unspecified atom stereocenters. The average Bonchev–Trinajstić information content (AvgIpc) is 3.25. The number of ether oxygens (including phenoxy) is 1. The number of carboxylic acids is 1. The molecule has 5 N–H and O–H groups in total. The van der Waals surface area contributed by atoms with Gasteiger partial charge in [-0.1, -0.05) is 42.5 Å². The number of nitrogens with one attached hydrogen (secondary N) is 2. The van der Waals surface area contributed by atoms with E-state index in [1.165, 1.54) is 0 Å². The summed E-state index contributed by atoms with van der Waals surface area (Å²) in [4.78, 5) is 12.0. The Balaban J connectivity index is 1.54. The quantitative estimate of drug-likeness (QED) is 0.358. The Hall–Kier alpha value is -3.38. The summed E-state index contributed by atoms with van der Waals surface area (Å²) in [5, 5.41) is 22.7. The Morgan fingerprint density at radius 3 is 2.57 bits per heavy atom. The van der Waals surface area contributed by atoms with E-state index < -0.39 is 11.9 Å². The first-order chi connectivity index (χ1) is 14.5. The molecule has 0 saturated carbocycles. The van der Waals surface area contributed by atoms with Gasteiger partial charge < -0.3 is 20.9 Å². The second-order valence-electron chi connectivity index (χ2n) is 7.71. The number of fused-ring (bicyclic) bond motifs is 1. The zero-order valence-corrected chi connectivity index (χ0v) is 16.6. The van der Waals surface area contributed by atoms with E-state index in [1.54, 1.807) is 0 Å². The summed E-state index contributed by atoms with van der Waals surface area (Å²) in [5.41, 5.74) is 7.92. The molecule has 0 spiro atoms. The lowest BCUT2D eigenvalue weighted by molar-refractivity contribution is -0.138. The molecule has 154 valence electrons. The molecule has 30 heavy (non-hydrogen) atoms. The third-order valence-electron chi connectivity index (χ3n) is 5.55. The minimum absolute atomic E-state index is 0.0152. The molecular formula is C24H25N3O3. The van der Waals surface area contributed by atoms with Crippen molar-refractivity contribution >= 4 is 22.6 Å². The summed E-state index contributed by atoms with van der Waals surface area (Å²) in [6.45, 7) is 1.80. The summed E-state index contributed by atoms with van der Waals surface area (Å²) < 4.78 is 5.93. The first-order valence-electron chi connectivity index (χ1n) is 10.1. The van der Waals surface area contributed by atoms with E-state index in [2.05, 4.69) is 5.32 Å². The van der Waals surface area contributed by atoms with Gasteiger partial charge in [-0.3, -0.25) is 10.2 Å². The van der Waals surface area contributed by atoms with Crippen molar-refractivity contribution in [1.82, 2.24) is 5.32 Å². The molecule has 0 aliphatic carbocycles. The van der Waals surface area contributed by atoms with Gasteiger partial charge >= 0.3 is 5.97 Å². The fraction of sp³-hybridized carbons (Fsp3) is 0.250. The smallest absolute Gasteiger partial charge is 0.311 e. The molecule has 1 heterocycles. The van der Waals surface area contributed by atoms with Gasteiger partial charge in [-0.25, -0.2) is 0 Å². The van der Waals surface area contributed by atoms with Gasteiger partial charge in [0.15, 0.2) is 0 Å². The Bertz CT molecular complexity index is 1070. The fourth-order valence-electron chi connectivity index (χ4n) is 3.87. The van der Waals surface area contributed by atoms with Crippen LogP contribution in [0.5, 0.6) is 5.75 Å². The highest BCUT2D eigenvalue weighted by molar-refractivity contribution is 5.99. The molecule has 6 heteroatoms. The number of nitrogen functional groups attached to an aromatic ring is 1. The van der Waals surface area contributed by atoms with Crippen LogP contribution in [0.1, 0.15) is 29.0 Å². The van der Waals surface area contributed by atoms with Crippen LogP contribution < -0.4 is 15.8 Å². The molecule has 4 rings (SSSR count). The monoisotopic (exact) mass is 403 g/mol. The summed E-state index contributed by atoms with van der Waals surface area (Å²) >= 11 is 0. The number of carboxylic acid groups (broad SMARTS) is 1. The van der Waals surface area contributed by atoms with Crippen molar-refractivity contribution in [3.05, 3.63) is 77.4 Å². The zero-order chi connectivity index (χ0) is 21.1. The van der Waals surface area contributed by atoms with Gasteiger partial charge in [-0.05, 0) is 59.5 Å². The third-order valence-corrected chi connectivity index (χ3v) is 5.55. The Morgan fingerprint density at radius 2 is 1.90 bits per heavy atom. The van der Waals surface area contributed by atoms with E-state index in [0.717, 1.165) is 47.2 Å². The van der Waals surface area contributed by atoms with Gasteiger partial charge in [0, 0.05) is 12.1 Å². The summed E-state index contributed by atoms with van der Waals surface area (Å²) in [7, 11) is 0. The van der Waals surface area contributed by atoms with Crippen molar-refractivity contribution < 1.29 is 14.6 Å². The minimum atomic E-state index is -0.860. The van der Waals surface area contributed by atoms with E-state index in [0.29, 0.717) is 12.0 Å². The lowest BCUT2D eigenvalue weighted by Gasteiger charge is -2.16. The highest BCUT2D eigenvalue weighted by Gasteiger charge is 2.21. The molecule has 0 radical (unpaired) electrons. The van der Waals surface area contributed by atoms with Gasteiger partial charge in [-0.2, -0.15) is 0 Å². The van der Waals surface area contributed by atoms with Crippen molar-refractivity contribution in [2.24, 2.45) is 5.73 Å². The van der Waals surface area contributed by atoms with Crippen molar-refractivity contribution in [2.75, 3.05) is 13.1 Å². The van der Waals surface area contributed by atoms with Crippen LogP contribution in [-0.4, -0.2) is 36.1 Å². The molecule has 1 saturated heterocycles. The van der Waals surface area contributed by atoms with Crippen LogP contribution in [-0.2, 0) is 11.2 Å². The van der Waals surface area contributed by atoms with E-state index in [1.807, 2.05) is 60.7 Å². The van der Waals surface area contributed by atoms with Crippen LogP contribution in [0.25, 0.3) is 10.8 Å². The Labute approximate surface area is 175 Å². The van der Waals surface area contributed by atoms with Crippen LogP contribution in [0.3, 0.4) is 0 Å². The van der Waals surface area contributed by atoms with Gasteiger partial charge in [0.2, 0.25) is 0 Å². The van der Waals surface area contributed by atoms with E-state index in [9.17, 15) is 9.90 Å². The van der Waals surface area contributed by atoms with E-state index >= 15 is 0 Å². The summed E-state index contributed by atoms with van der Waals surface area (Å²) in [5.74, 6) is -0.734. The van der Waals surface area contributed by atoms with E-state index in [4.69, 9.17) is 15.9 Å². The number of rotatable bonds is 7. The first-order valence-corrected chi connectivity index (χ1v) is 10.1. The first kappa shape index (κ1) is 19.9. The van der Waals surface area contributed by atoms with Crippen molar-refractivity contribution in [3.63, 3.8) is 0 Å². The maximum absolute atomic E-state index is 12.0. The topological polar surface area (TPSA) is 108 Å². The van der Waals surface area contributed by atoms with Crippen LogP contribution >= 0.6 is 0 Å². The normalized spacial score (nSPS) is 17.0. The van der Waals surface area contributed by atoms with Crippen molar-refractivity contribution in [3.8, 4) is 5.75 Å². The number of carbonyl (C=O) groups is 1. The summed E-state index contributed by atoms with van der Waals surface area (Å²) in [6.07, 6.45) is 1.53. The maximum atomic E-state index is 12.0. The fourth-order valence-corrected chi connectivity index (χ4v) is 3.87. The standard InChI is InChI=1S/C24H25N3O3/c25-23(26)18-4-3-16-2-1-15(11-19(16)13-18)12-22(24(28)29)17-5-7-20(8-6-17)30-21-9-10-27-14-21/h1-8,11,13,21-22,27H,9-10,12,14H2,(H3,25,26)(H,28,29)/t21-,22?/m0/s1. The average molecular weight is 403 g/mol. The van der Waals surface area contributed by atoms with Crippen LogP contribution in [0.4, 0.5) is 0 Å². The van der Waals surface area contributed by atoms with Crippen LogP contribution in [0.2, 0.25) is 0 Å². The lowest BCUT2D eigenvalue weighted by Crippen LogP contribution is -2.19. The summed E-state index contributed by atoms with van der Waals surface area (Å²) in [6, 6.07) is 18.9. The molecular weight excluding hydrogens is 378 g/mol. The molecule has 2 atom stereocenters. The lowest BCUT2D eigenvalue weighted by atomic mass is 9.91. The SMILES string of the molecule is N=C(N)c1ccc2ccc(CC(C(=O)O)c3ccc(O[C@H]4CCNC4)cc3)cc2c1. The largest absolute Gasteiger partial charge is 0.489 e. The molecule has 3 aromatic carbocycles. The van der Waals surface area contributed by atoms with Crippen LogP contribution in [0.15, 0.2) is 60.7 Å². The highest BCUT2D eigenvalue weighted by Crippen LogP contribution is 2.26. The number of benzene rings is 3. The third kappa shape index (κ3) is 4.44. The highest BCUT2D eigenvalue weighted by atomic mass is 16.5. The van der Waals surface area contributed by atoms with Gasteiger partial charge in [0.25, 0.3) is 0 Å². The zero-order valence-electron chi connectivity index (χ0n) is 16.6. The van der Waals surface area contributed by atoms with Gasteiger partial charge in [0.05, 0.1) is 5.92 Å². The number of aliphatic carboxylic acids is 1. The number of nitrogens with two attached hydrogens (primary N) is 1. The number of amidine groups is 1. The predicted molar refractivity (Wildman–Crippen MR) is 117 cm³/mol. The molecule has 0 aromatic heterocycles. The molecule has 1 fully saturated rings. The maximum Gasteiger partial charge on any atom is 0.311 e. The predicted octanol–water partition coefficient (Wildman–Crippen LogP) is 3.28.